The van der Waals surface area contributed by atoms with Crippen LogP contribution in [-0.4, -0.2) is 31.8 Å². The van der Waals surface area contributed by atoms with E-state index < -0.39 is 0 Å². The van der Waals surface area contributed by atoms with E-state index in [2.05, 4.69) is 28.5 Å². The van der Waals surface area contributed by atoms with E-state index >= 15 is 0 Å². The summed E-state index contributed by atoms with van der Waals surface area (Å²) in [7, 11) is 1.70. The summed E-state index contributed by atoms with van der Waals surface area (Å²) >= 11 is 0. The molecular formula is C22H28N2O3. The summed E-state index contributed by atoms with van der Waals surface area (Å²) < 4.78 is 17.8. The molecule has 1 aromatic heterocycles. The molecule has 4 rings (SSSR count). The minimum absolute atomic E-state index is 0.111. The van der Waals surface area contributed by atoms with Crippen LogP contribution in [0.4, 0.5) is 0 Å². The number of aromatic nitrogens is 1. The van der Waals surface area contributed by atoms with E-state index in [9.17, 15) is 0 Å². The van der Waals surface area contributed by atoms with Crippen LogP contribution in [-0.2, 0) is 23.4 Å². The minimum Gasteiger partial charge on any atom is -0.496 e. The molecule has 2 aliphatic heterocycles. The highest BCUT2D eigenvalue weighted by Crippen LogP contribution is 2.41. The van der Waals surface area contributed by atoms with Gasteiger partial charge in [0.15, 0.2) is 0 Å². The first-order valence-electron chi connectivity index (χ1n) is 9.73. The van der Waals surface area contributed by atoms with Gasteiger partial charge in [0.25, 0.3) is 0 Å². The van der Waals surface area contributed by atoms with Crippen molar-refractivity contribution in [3.05, 3.63) is 52.3 Å². The van der Waals surface area contributed by atoms with Gasteiger partial charge < -0.3 is 19.5 Å². The zero-order valence-corrected chi connectivity index (χ0v) is 16.4. The number of hydrogen-bond donors (Lipinski definition) is 1. The zero-order valence-electron chi connectivity index (χ0n) is 16.4. The molecule has 27 heavy (non-hydrogen) atoms. The van der Waals surface area contributed by atoms with Gasteiger partial charge in [0.1, 0.15) is 18.1 Å². The van der Waals surface area contributed by atoms with Gasteiger partial charge in [0, 0.05) is 17.3 Å². The fraction of sp³-hybridized carbons (Fsp3) is 0.500. The second-order valence-electron chi connectivity index (χ2n) is 7.50. The standard InChI is InChI=1S/C22H28N2O3/c1-15-13-24-20(16(2)21(15)25-3)14-26-18-4-5-19-17(12-18)6-11-27-22(19)7-9-23-10-8-22/h4-5,12-13,23H,6-11,14H2,1-3H3. The Hall–Kier alpha value is -2.11. The maximum Gasteiger partial charge on any atom is 0.131 e. The summed E-state index contributed by atoms with van der Waals surface area (Å²) in [5.74, 6) is 1.78. The lowest BCUT2D eigenvalue weighted by molar-refractivity contribution is -0.0802. The molecule has 0 saturated carbocycles. The Balaban J connectivity index is 1.53. The Morgan fingerprint density at radius 3 is 2.81 bits per heavy atom. The van der Waals surface area contributed by atoms with Crippen molar-refractivity contribution < 1.29 is 14.2 Å². The van der Waals surface area contributed by atoms with Crippen molar-refractivity contribution >= 4 is 0 Å². The second kappa shape index (κ2) is 7.49. The van der Waals surface area contributed by atoms with Crippen molar-refractivity contribution in [3.63, 3.8) is 0 Å². The molecule has 0 unspecified atom stereocenters. The molecule has 0 atom stereocenters. The summed E-state index contributed by atoms with van der Waals surface area (Å²) in [4.78, 5) is 4.53. The number of rotatable bonds is 4. The molecule has 5 nitrogen and oxygen atoms in total. The lowest BCUT2D eigenvalue weighted by Gasteiger charge is -2.42. The van der Waals surface area contributed by atoms with Gasteiger partial charge in [-0.2, -0.15) is 0 Å². The normalized spacial score (nSPS) is 18.2. The first-order chi connectivity index (χ1) is 13.1. The first-order valence-corrected chi connectivity index (χ1v) is 9.73. The second-order valence-corrected chi connectivity index (χ2v) is 7.50. The molecule has 1 fully saturated rings. The number of aryl methyl sites for hydroxylation is 1. The first kappa shape index (κ1) is 18.3. The third kappa shape index (κ3) is 3.42. The molecule has 1 aromatic carbocycles. The predicted octanol–water partition coefficient (Wildman–Crippen LogP) is 3.44. The molecule has 0 amide bonds. The van der Waals surface area contributed by atoms with Crippen LogP contribution >= 0.6 is 0 Å². The molecule has 0 radical (unpaired) electrons. The van der Waals surface area contributed by atoms with Gasteiger partial charge in [-0.1, -0.05) is 6.07 Å². The molecule has 5 heteroatoms. The van der Waals surface area contributed by atoms with Crippen molar-refractivity contribution in [1.29, 1.82) is 0 Å². The Labute approximate surface area is 161 Å². The van der Waals surface area contributed by atoms with Crippen molar-refractivity contribution in [2.24, 2.45) is 0 Å². The van der Waals surface area contributed by atoms with Gasteiger partial charge in [-0.25, -0.2) is 0 Å². The van der Waals surface area contributed by atoms with Gasteiger partial charge in [-0.05, 0) is 69.5 Å². The fourth-order valence-corrected chi connectivity index (χ4v) is 4.36. The molecule has 2 aromatic rings. The zero-order chi connectivity index (χ0) is 18.9. The van der Waals surface area contributed by atoms with Crippen LogP contribution in [0.3, 0.4) is 0 Å². The number of piperidine rings is 1. The van der Waals surface area contributed by atoms with Gasteiger partial charge in [-0.15, -0.1) is 0 Å². The highest BCUT2D eigenvalue weighted by molar-refractivity contribution is 5.42. The lowest BCUT2D eigenvalue weighted by Crippen LogP contribution is -2.44. The van der Waals surface area contributed by atoms with Crippen LogP contribution in [0.5, 0.6) is 11.5 Å². The quantitative estimate of drug-likeness (QED) is 0.896. The van der Waals surface area contributed by atoms with E-state index in [1.807, 2.05) is 20.0 Å². The van der Waals surface area contributed by atoms with Gasteiger partial charge in [0.2, 0.25) is 0 Å². The van der Waals surface area contributed by atoms with Crippen LogP contribution in [0, 0.1) is 13.8 Å². The predicted molar refractivity (Wildman–Crippen MR) is 104 cm³/mol. The topological polar surface area (TPSA) is 52.6 Å². The van der Waals surface area contributed by atoms with E-state index in [4.69, 9.17) is 14.2 Å². The number of ether oxygens (including phenoxy) is 3. The number of hydrogen-bond acceptors (Lipinski definition) is 5. The summed E-state index contributed by atoms with van der Waals surface area (Å²) in [6.45, 7) is 7.28. The average Bonchev–Trinajstić information content (AvgIpc) is 2.69. The molecule has 1 saturated heterocycles. The van der Waals surface area contributed by atoms with Crippen molar-refractivity contribution in [3.8, 4) is 11.5 Å². The molecule has 1 N–H and O–H groups in total. The highest BCUT2D eigenvalue weighted by Gasteiger charge is 2.38. The molecule has 144 valence electrons. The molecule has 2 aliphatic rings. The van der Waals surface area contributed by atoms with Crippen LogP contribution in [0.1, 0.15) is 40.8 Å². The van der Waals surface area contributed by atoms with E-state index in [1.165, 1.54) is 11.1 Å². The van der Waals surface area contributed by atoms with Gasteiger partial charge in [-0.3, -0.25) is 4.98 Å². The Morgan fingerprint density at radius 1 is 1.22 bits per heavy atom. The summed E-state index contributed by atoms with van der Waals surface area (Å²) in [5.41, 5.74) is 5.58. The number of nitrogens with one attached hydrogen (secondary N) is 1. The number of methoxy groups -OCH3 is 1. The largest absolute Gasteiger partial charge is 0.496 e. The number of benzene rings is 1. The van der Waals surface area contributed by atoms with Crippen LogP contribution in [0.2, 0.25) is 0 Å². The summed E-state index contributed by atoms with van der Waals surface area (Å²) in [5, 5.41) is 3.43. The maximum absolute atomic E-state index is 6.25. The smallest absolute Gasteiger partial charge is 0.131 e. The SMILES string of the molecule is COc1c(C)cnc(COc2ccc3c(c2)CCOC32CCNCC2)c1C. The lowest BCUT2D eigenvalue weighted by atomic mass is 9.80. The van der Waals surface area contributed by atoms with E-state index in [1.54, 1.807) is 7.11 Å². The van der Waals surface area contributed by atoms with E-state index in [0.717, 1.165) is 67.3 Å². The summed E-state index contributed by atoms with van der Waals surface area (Å²) in [6, 6.07) is 6.45. The minimum atomic E-state index is -0.111. The summed E-state index contributed by atoms with van der Waals surface area (Å²) in [6.07, 6.45) is 4.85. The molecule has 0 bridgehead atoms. The molecule has 3 heterocycles. The van der Waals surface area contributed by atoms with Crippen LogP contribution < -0.4 is 14.8 Å². The van der Waals surface area contributed by atoms with E-state index in [0.29, 0.717) is 6.61 Å². The van der Waals surface area contributed by atoms with Gasteiger partial charge in [0.05, 0.1) is 25.0 Å². The third-order valence-corrected chi connectivity index (χ3v) is 5.85. The monoisotopic (exact) mass is 368 g/mol. The highest BCUT2D eigenvalue weighted by atomic mass is 16.5. The van der Waals surface area contributed by atoms with Crippen molar-refractivity contribution in [2.75, 3.05) is 26.8 Å². The van der Waals surface area contributed by atoms with Gasteiger partial charge >= 0.3 is 0 Å². The fourth-order valence-electron chi connectivity index (χ4n) is 4.36. The maximum atomic E-state index is 6.25. The Bertz CT molecular complexity index is 829. The van der Waals surface area contributed by atoms with Crippen molar-refractivity contribution in [2.45, 2.75) is 45.3 Å². The molecule has 1 spiro atoms. The third-order valence-electron chi connectivity index (χ3n) is 5.85. The van der Waals surface area contributed by atoms with E-state index in [-0.39, 0.29) is 5.60 Å². The number of fused-ring (bicyclic) bond motifs is 2. The van der Waals surface area contributed by atoms with Crippen molar-refractivity contribution in [1.82, 2.24) is 10.3 Å². The average molecular weight is 368 g/mol. The number of nitrogens with zero attached hydrogens (tertiary/aromatic N) is 1. The van der Waals surface area contributed by atoms with Crippen LogP contribution in [0.25, 0.3) is 0 Å². The Kier molecular flexibility index (Phi) is 5.06. The Morgan fingerprint density at radius 2 is 2.04 bits per heavy atom. The van der Waals surface area contributed by atoms with Crippen LogP contribution in [0.15, 0.2) is 24.4 Å². The number of pyridine rings is 1. The molecular weight excluding hydrogens is 340 g/mol. The molecule has 0 aliphatic carbocycles.